The Hall–Kier alpha value is -2.87. The molecule has 3 rings (SSSR count). The van der Waals surface area contributed by atoms with Crippen LogP contribution in [0.5, 0.6) is 0 Å². The van der Waals surface area contributed by atoms with Gasteiger partial charge in [-0.3, -0.25) is 9.59 Å². The van der Waals surface area contributed by atoms with E-state index in [1.54, 1.807) is 40.1 Å². The van der Waals surface area contributed by atoms with Gasteiger partial charge in [-0.2, -0.15) is 0 Å². The Labute approximate surface area is 162 Å². The Morgan fingerprint density at radius 3 is 2.37 bits per heavy atom. The number of benzene rings is 1. The number of rotatable bonds is 4. The number of anilines is 1. The van der Waals surface area contributed by atoms with Crippen molar-refractivity contribution in [3.8, 4) is 0 Å². The normalized spacial score (nSPS) is 14.0. The molecule has 1 saturated heterocycles. The van der Waals surface area contributed by atoms with Crippen LogP contribution in [0.4, 0.5) is 10.5 Å². The molecule has 1 aliphatic heterocycles. The van der Waals surface area contributed by atoms with Gasteiger partial charge in [-0.25, -0.2) is 4.79 Å². The summed E-state index contributed by atoms with van der Waals surface area (Å²) in [4.78, 5) is 41.2. The van der Waals surface area contributed by atoms with Crippen LogP contribution in [-0.4, -0.2) is 60.4 Å². The summed E-state index contributed by atoms with van der Waals surface area (Å²) < 4.78 is 0. The molecule has 8 heteroatoms. The molecule has 7 nitrogen and oxygen atoms in total. The molecule has 0 spiro atoms. The van der Waals surface area contributed by atoms with Crippen molar-refractivity contribution in [2.24, 2.45) is 0 Å². The number of urea groups is 1. The molecule has 0 aliphatic carbocycles. The number of piperazine rings is 1. The first-order valence-electron chi connectivity index (χ1n) is 8.86. The molecule has 0 unspecified atom stereocenters. The van der Waals surface area contributed by atoms with Crippen molar-refractivity contribution in [3.63, 3.8) is 0 Å². The summed E-state index contributed by atoms with van der Waals surface area (Å²) in [5, 5.41) is 7.43. The predicted octanol–water partition coefficient (Wildman–Crippen LogP) is 2.49. The van der Waals surface area contributed by atoms with Crippen molar-refractivity contribution in [1.82, 2.24) is 15.1 Å². The molecule has 1 aromatic heterocycles. The van der Waals surface area contributed by atoms with E-state index in [0.717, 1.165) is 0 Å². The average molecular weight is 386 g/mol. The van der Waals surface area contributed by atoms with Gasteiger partial charge in [0.05, 0.1) is 16.1 Å². The first-order valence-corrected chi connectivity index (χ1v) is 9.74. The van der Waals surface area contributed by atoms with E-state index in [9.17, 15) is 14.4 Å². The van der Waals surface area contributed by atoms with Gasteiger partial charge in [-0.05, 0) is 30.5 Å². The van der Waals surface area contributed by atoms with E-state index < -0.39 is 0 Å². The van der Waals surface area contributed by atoms with Crippen LogP contribution in [0.1, 0.15) is 27.0 Å². The van der Waals surface area contributed by atoms with Crippen LogP contribution in [-0.2, 0) is 0 Å². The quantitative estimate of drug-likeness (QED) is 0.847. The van der Waals surface area contributed by atoms with E-state index in [-0.39, 0.29) is 17.8 Å². The summed E-state index contributed by atoms with van der Waals surface area (Å²) in [5.74, 6) is -0.376. The highest BCUT2D eigenvalue weighted by Crippen LogP contribution is 2.20. The molecule has 1 aromatic carbocycles. The Morgan fingerprint density at radius 1 is 1.00 bits per heavy atom. The van der Waals surface area contributed by atoms with Gasteiger partial charge in [0.1, 0.15) is 0 Å². The molecule has 1 fully saturated rings. The van der Waals surface area contributed by atoms with Crippen LogP contribution in [0.3, 0.4) is 0 Å². The number of hydrogen-bond donors (Lipinski definition) is 2. The molecular formula is C19H22N4O3S. The summed E-state index contributed by atoms with van der Waals surface area (Å²) in [6.07, 6.45) is 0. The second-order valence-electron chi connectivity index (χ2n) is 6.09. The molecule has 142 valence electrons. The predicted molar refractivity (Wildman–Crippen MR) is 105 cm³/mol. The molecular weight excluding hydrogens is 364 g/mol. The summed E-state index contributed by atoms with van der Waals surface area (Å²) in [7, 11) is 0. The van der Waals surface area contributed by atoms with Crippen LogP contribution in [0, 0.1) is 0 Å². The Balaban J connectivity index is 1.67. The van der Waals surface area contributed by atoms with Crippen molar-refractivity contribution in [1.29, 1.82) is 0 Å². The van der Waals surface area contributed by atoms with Crippen LogP contribution in [0.2, 0.25) is 0 Å². The number of thiophene rings is 1. The van der Waals surface area contributed by atoms with Gasteiger partial charge in [0, 0.05) is 32.7 Å². The SMILES string of the molecule is CCNC(=O)N1CCN(C(=O)c2ccccc2NC(=O)c2cccs2)CC1. The van der Waals surface area contributed by atoms with Crippen LogP contribution < -0.4 is 10.6 Å². The van der Waals surface area contributed by atoms with Gasteiger partial charge in [0.15, 0.2) is 0 Å². The number of para-hydroxylation sites is 1. The lowest BCUT2D eigenvalue weighted by molar-refractivity contribution is 0.0666. The van der Waals surface area contributed by atoms with Crippen LogP contribution >= 0.6 is 11.3 Å². The maximum atomic E-state index is 12.9. The first-order chi connectivity index (χ1) is 13.1. The van der Waals surface area contributed by atoms with Gasteiger partial charge in [-0.15, -0.1) is 11.3 Å². The molecule has 0 saturated carbocycles. The summed E-state index contributed by atoms with van der Waals surface area (Å²) >= 11 is 1.35. The Kier molecular flexibility index (Phi) is 6.08. The fourth-order valence-electron chi connectivity index (χ4n) is 2.92. The van der Waals surface area contributed by atoms with E-state index in [1.807, 2.05) is 18.4 Å². The minimum absolute atomic E-state index is 0.104. The Bertz CT molecular complexity index is 814. The summed E-state index contributed by atoms with van der Waals surface area (Å²) in [6, 6.07) is 10.4. The minimum atomic E-state index is -0.230. The fraction of sp³-hybridized carbons (Fsp3) is 0.316. The highest BCUT2D eigenvalue weighted by atomic mass is 32.1. The molecule has 2 N–H and O–H groups in total. The van der Waals surface area contributed by atoms with E-state index >= 15 is 0 Å². The largest absolute Gasteiger partial charge is 0.338 e. The Morgan fingerprint density at radius 2 is 1.70 bits per heavy atom. The second kappa shape index (κ2) is 8.68. The van der Waals surface area contributed by atoms with Crippen molar-refractivity contribution >= 4 is 34.9 Å². The van der Waals surface area contributed by atoms with Gasteiger partial charge < -0.3 is 20.4 Å². The van der Waals surface area contributed by atoms with Crippen molar-refractivity contribution in [2.45, 2.75) is 6.92 Å². The third kappa shape index (κ3) is 4.46. The van der Waals surface area contributed by atoms with Crippen molar-refractivity contribution in [3.05, 3.63) is 52.2 Å². The molecule has 4 amide bonds. The monoisotopic (exact) mass is 386 g/mol. The van der Waals surface area contributed by atoms with Gasteiger partial charge in [-0.1, -0.05) is 18.2 Å². The third-order valence-corrected chi connectivity index (χ3v) is 5.20. The topological polar surface area (TPSA) is 81.8 Å². The molecule has 2 heterocycles. The van der Waals surface area contributed by atoms with Gasteiger partial charge in [0.2, 0.25) is 0 Å². The maximum Gasteiger partial charge on any atom is 0.317 e. The lowest BCUT2D eigenvalue weighted by Gasteiger charge is -2.35. The van der Waals surface area contributed by atoms with Crippen molar-refractivity contribution < 1.29 is 14.4 Å². The van der Waals surface area contributed by atoms with E-state index in [0.29, 0.717) is 48.9 Å². The zero-order valence-electron chi connectivity index (χ0n) is 15.1. The number of nitrogens with zero attached hydrogens (tertiary/aromatic N) is 2. The fourth-order valence-corrected chi connectivity index (χ4v) is 3.54. The van der Waals surface area contributed by atoms with Gasteiger partial charge >= 0.3 is 6.03 Å². The lowest BCUT2D eigenvalue weighted by Crippen LogP contribution is -2.53. The third-order valence-electron chi connectivity index (χ3n) is 4.33. The number of hydrogen-bond acceptors (Lipinski definition) is 4. The van der Waals surface area contributed by atoms with E-state index in [4.69, 9.17) is 0 Å². The van der Waals surface area contributed by atoms with E-state index in [1.165, 1.54) is 11.3 Å². The minimum Gasteiger partial charge on any atom is -0.338 e. The first kappa shape index (κ1) is 18.9. The zero-order chi connectivity index (χ0) is 19.2. The molecule has 0 bridgehead atoms. The van der Waals surface area contributed by atoms with E-state index in [2.05, 4.69) is 10.6 Å². The number of amides is 4. The molecule has 27 heavy (non-hydrogen) atoms. The molecule has 0 radical (unpaired) electrons. The van der Waals surface area contributed by atoms with Crippen LogP contribution in [0.25, 0.3) is 0 Å². The number of nitrogens with one attached hydrogen (secondary N) is 2. The summed E-state index contributed by atoms with van der Waals surface area (Å²) in [6.45, 7) is 4.35. The zero-order valence-corrected chi connectivity index (χ0v) is 15.9. The average Bonchev–Trinajstić information content (AvgIpc) is 3.23. The number of carbonyl (C=O) groups is 3. The lowest BCUT2D eigenvalue weighted by atomic mass is 10.1. The standard InChI is InChI=1S/C19H22N4O3S/c1-2-20-19(26)23-11-9-22(10-12-23)18(25)14-6-3-4-7-15(14)21-17(24)16-8-5-13-27-16/h3-8,13H,2,9-12H2,1H3,(H,20,26)(H,21,24). The molecule has 2 aromatic rings. The smallest absolute Gasteiger partial charge is 0.317 e. The second-order valence-corrected chi connectivity index (χ2v) is 7.04. The van der Waals surface area contributed by atoms with Gasteiger partial charge in [0.25, 0.3) is 11.8 Å². The maximum absolute atomic E-state index is 12.9. The molecule has 1 aliphatic rings. The summed E-state index contributed by atoms with van der Waals surface area (Å²) in [5.41, 5.74) is 0.945. The van der Waals surface area contributed by atoms with Crippen LogP contribution in [0.15, 0.2) is 41.8 Å². The number of carbonyl (C=O) groups excluding carboxylic acids is 3. The molecule has 0 atom stereocenters. The highest BCUT2D eigenvalue weighted by molar-refractivity contribution is 7.12. The van der Waals surface area contributed by atoms with Crippen molar-refractivity contribution in [2.75, 3.05) is 38.0 Å². The highest BCUT2D eigenvalue weighted by Gasteiger charge is 2.26.